The summed E-state index contributed by atoms with van der Waals surface area (Å²) in [6.07, 6.45) is 12.8. The molecule has 3 nitrogen and oxygen atoms in total. The van der Waals surface area contributed by atoms with Gasteiger partial charge in [0.1, 0.15) is 0 Å². The molecule has 0 amide bonds. The molecule has 1 aromatic heterocycles. The van der Waals surface area contributed by atoms with Gasteiger partial charge in [-0.3, -0.25) is 5.10 Å². The predicted octanol–water partition coefficient (Wildman–Crippen LogP) is 5.12. The van der Waals surface area contributed by atoms with Gasteiger partial charge in [-0.2, -0.15) is 5.10 Å². The fourth-order valence-corrected chi connectivity index (χ4v) is 2.54. The van der Waals surface area contributed by atoms with Gasteiger partial charge in [0, 0.05) is 17.6 Å². The van der Waals surface area contributed by atoms with Crippen LogP contribution in [0.15, 0.2) is 24.4 Å². The SMILES string of the molecule is CCCCCCCCCCNc1ccc2cn[nH]c2c1. The molecule has 20 heavy (non-hydrogen) atoms. The Labute approximate surface area is 122 Å². The number of rotatable bonds is 10. The van der Waals surface area contributed by atoms with Crippen LogP contribution < -0.4 is 5.32 Å². The standard InChI is InChI=1S/C17H27N3/c1-2-3-4-5-6-7-8-9-12-18-16-11-10-15-14-19-20-17(15)13-16/h10-11,13-14,18H,2-9,12H2,1H3,(H,19,20). The highest BCUT2D eigenvalue weighted by Crippen LogP contribution is 2.16. The summed E-state index contributed by atoms with van der Waals surface area (Å²) in [4.78, 5) is 0. The summed E-state index contributed by atoms with van der Waals surface area (Å²) in [5.41, 5.74) is 2.29. The highest BCUT2D eigenvalue weighted by atomic mass is 15.1. The molecule has 1 heterocycles. The van der Waals surface area contributed by atoms with Crippen molar-refractivity contribution in [2.24, 2.45) is 0 Å². The number of hydrogen-bond acceptors (Lipinski definition) is 2. The van der Waals surface area contributed by atoms with E-state index < -0.39 is 0 Å². The lowest BCUT2D eigenvalue weighted by Gasteiger charge is -2.06. The number of aromatic amines is 1. The van der Waals surface area contributed by atoms with Crippen molar-refractivity contribution in [2.75, 3.05) is 11.9 Å². The number of hydrogen-bond donors (Lipinski definition) is 2. The maximum absolute atomic E-state index is 4.04. The number of nitrogens with zero attached hydrogens (tertiary/aromatic N) is 1. The molecule has 0 fully saturated rings. The van der Waals surface area contributed by atoms with E-state index in [4.69, 9.17) is 0 Å². The molecule has 0 atom stereocenters. The van der Waals surface area contributed by atoms with Crippen LogP contribution in [-0.2, 0) is 0 Å². The second kappa shape index (κ2) is 8.62. The molecule has 0 radical (unpaired) electrons. The van der Waals surface area contributed by atoms with Crippen molar-refractivity contribution in [2.45, 2.75) is 58.3 Å². The number of aromatic nitrogens is 2. The fourth-order valence-electron chi connectivity index (χ4n) is 2.54. The van der Waals surface area contributed by atoms with Crippen molar-refractivity contribution in [1.29, 1.82) is 0 Å². The summed E-state index contributed by atoms with van der Waals surface area (Å²) in [7, 11) is 0. The van der Waals surface area contributed by atoms with Crippen LogP contribution >= 0.6 is 0 Å². The monoisotopic (exact) mass is 273 g/mol. The van der Waals surface area contributed by atoms with Gasteiger partial charge >= 0.3 is 0 Å². The molecule has 2 aromatic rings. The van der Waals surface area contributed by atoms with Crippen LogP contribution in [0.3, 0.4) is 0 Å². The smallest absolute Gasteiger partial charge is 0.0670 e. The largest absolute Gasteiger partial charge is 0.385 e. The van der Waals surface area contributed by atoms with Crippen LogP contribution in [0.4, 0.5) is 5.69 Å². The third-order valence-electron chi connectivity index (χ3n) is 3.80. The molecular formula is C17H27N3. The summed E-state index contributed by atoms with van der Waals surface area (Å²) in [5.74, 6) is 0. The molecule has 0 unspecified atom stereocenters. The molecule has 3 heteroatoms. The van der Waals surface area contributed by atoms with Crippen molar-refractivity contribution in [3.8, 4) is 0 Å². The van der Waals surface area contributed by atoms with E-state index in [0.717, 1.165) is 12.1 Å². The van der Waals surface area contributed by atoms with E-state index in [1.165, 1.54) is 62.4 Å². The van der Waals surface area contributed by atoms with Crippen LogP contribution in [0.25, 0.3) is 10.9 Å². The maximum Gasteiger partial charge on any atom is 0.0670 e. The van der Waals surface area contributed by atoms with Crippen molar-refractivity contribution in [3.63, 3.8) is 0 Å². The lowest BCUT2D eigenvalue weighted by Crippen LogP contribution is -2.01. The number of fused-ring (bicyclic) bond motifs is 1. The number of anilines is 1. The van der Waals surface area contributed by atoms with Crippen LogP contribution in [0.1, 0.15) is 58.3 Å². The van der Waals surface area contributed by atoms with Gasteiger partial charge in [0.2, 0.25) is 0 Å². The van der Waals surface area contributed by atoms with E-state index in [-0.39, 0.29) is 0 Å². The van der Waals surface area contributed by atoms with Crippen LogP contribution in [0, 0.1) is 0 Å². The molecule has 0 aliphatic rings. The summed E-state index contributed by atoms with van der Waals surface area (Å²) >= 11 is 0. The van der Waals surface area contributed by atoms with E-state index >= 15 is 0 Å². The lowest BCUT2D eigenvalue weighted by atomic mass is 10.1. The molecule has 2 rings (SSSR count). The molecule has 110 valence electrons. The van der Waals surface area contributed by atoms with E-state index in [1.807, 2.05) is 6.20 Å². The van der Waals surface area contributed by atoms with Gasteiger partial charge in [-0.25, -0.2) is 0 Å². The van der Waals surface area contributed by atoms with E-state index in [2.05, 4.69) is 40.6 Å². The Morgan fingerprint density at radius 1 is 1.00 bits per heavy atom. The zero-order valence-corrected chi connectivity index (χ0v) is 12.6. The van der Waals surface area contributed by atoms with Crippen LogP contribution in [0.2, 0.25) is 0 Å². The summed E-state index contributed by atoms with van der Waals surface area (Å²) < 4.78 is 0. The van der Waals surface area contributed by atoms with Crippen molar-refractivity contribution in [1.82, 2.24) is 10.2 Å². The Hall–Kier alpha value is -1.51. The molecule has 0 aliphatic heterocycles. The first-order valence-electron chi connectivity index (χ1n) is 8.07. The molecule has 0 aliphatic carbocycles. The maximum atomic E-state index is 4.04. The van der Waals surface area contributed by atoms with Gasteiger partial charge in [0.05, 0.1) is 11.7 Å². The third-order valence-corrected chi connectivity index (χ3v) is 3.80. The Morgan fingerprint density at radius 3 is 2.55 bits per heavy atom. The zero-order chi connectivity index (χ0) is 14.0. The Balaban J connectivity index is 1.54. The molecule has 0 bridgehead atoms. The first-order chi connectivity index (χ1) is 9.90. The second-order valence-electron chi connectivity index (χ2n) is 5.57. The molecule has 2 N–H and O–H groups in total. The minimum absolute atomic E-state index is 1.06. The van der Waals surface area contributed by atoms with Crippen molar-refractivity contribution in [3.05, 3.63) is 24.4 Å². The number of H-pyrrole nitrogens is 1. The second-order valence-corrected chi connectivity index (χ2v) is 5.57. The third kappa shape index (κ3) is 4.87. The number of nitrogens with one attached hydrogen (secondary N) is 2. The van der Waals surface area contributed by atoms with Gasteiger partial charge in [-0.1, -0.05) is 51.9 Å². The number of unbranched alkanes of at least 4 members (excludes halogenated alkanes) is 7. The zero-order valence-electron chi connectivity index (χ0n) is 12.6. The topological polar surface area (TPSA) is 40.7 Å². The Bertz CT molecular complexity index is 490. The predicted molar refractivity (Wildman–Crippen MR) is 87.2 cm³/mol. The molecule has 0 spiro atoms. The van der Waals surface area contributed by atoms with Gasteiger partial charge in [0.15, 0.2) is 0 Å². The van der Waals surface area contributed by atoms with Gasteiger partial charge in [0.25, 0.3) is 0 Å². The first kappa shape index (κ1) is 14.9. The molecule has 0 saturated heterocycles. The van der Waals surface area contributed by atoms with Gasteiger partial charge in [-0.15, -0.1) is 0 Å². The van der Waals surface area contributed by atoms with Gasteiger partial charge in [-0.05, 0) is 24.6 Å². The molecule has 1 aromatic carbocycles. The first-order valence-corrected chi connectivity index (χ1v) is 8.07. The minimum Gasteiger partial charge on any atom is -0.385 e. The van der Waals surface area contributed by atoms with Crippen LogP contribution in [-0.4, -0.2) is 16.7 Å². The Kier molecular flexibility index (Phi) is 6.42. The molecular weight excluding hydrogens is 246 g/mol. The quantitative estimate of drug-likeness (QED) is 0.590. The van der Waals surface area contributed by atoms with Crippen LogP contribution in [0.5, 0.6) is 0 Å². The fraction of sp³-hybridized carbons (Fsp3) is 0.588. The lowest BCUT2D eigenvalue weighted by molar-refractivity contribution is 0.581. The van der Waals surface area contributed by atoms with Crippen molar-refractivity contribution >= 4 is 16.6 Å². The Morgan fingerprint density at radius 2 is 1.75 bits per heavy atom. The van der Waals surface area contributed by atoms with E-state index in [9.17, 15) is 0 Å². The normalized spacial score (nSPS) is 11.1. The highest BCUT2D eigenvalue weighted by molar-refractivity contribution is 5.81. The van der Waals surface area contributed by atoms with E-state index in [0.29, 0.717) is 0 Å². The average Bonchev–Trinajstić information content (AvgIpc) is 2.93. The minimum atomic E-state index is 1.06. The summed E-state index contributed by atoms with van der Waals surface area (Å²) in [6, 6.07) is 6.37. The van der Waals surface area contributed by atoms with E-state index in [1.54, 1.807) is 0 Å². The molecule has 0 saturated carbocycles. The van der Waals surface area contributed by atoms with Gasteiger partial charge < -0.3 is 5.32 Å². The summed E-state index contributed by atoms with van der Waals surface area (Å²) in [5, 5.41) is 11.7. The number of benzene rings is 1. The summed E-state index contributed by atoms with van der Waals surface area (Å²) in [6.45, 7) is 3.33. The average molecular weight is 273 g/mol. The highest BCUT2D eigenvalue weighted by Gasteiger charge is 1.97. The van der Waals surface area contributed by atoms with Crippen molar-refractivity contribution < 1.29 is 0 Å².